The van der Waals surface area contributed by atoms with Crippen LogP contribution < -0.4 is 9.47 Å². The van der Waals surface area contributed by atoms with Crippen molar-refractivity contribution in [3.05, 3.63) is 23.8 Å². The van der Waals surface area contributed by atoms with Crippen molar-refractivity contribution >= 4 is 11.6 Å². The Bertz CT molecular complexity index is 419. The van der Waals surface area contributed by atoms with Crippen LogP contribution >= 0.6 is 11.6 Å². The van der Waals surface area contributed by atoms with Gasteiger partial charge >= 0.3 is 0 Å². The van der Waals surface area contributed by atoms with Crippen LogP contribution in [-0.2, 0) is 5.88 Å². The van der Waals surface area contributed by atoms with E-state index in [0.29, 0.717) is 12.0 Å². The van der Waals surface area contributed by atoms with E-state index < -0.39 is 0 Å². The topological polar surface area (TPSA) is 18.5 Å². The molecule has 0 spiro atoms. The first kappa shape index (κ1) is 15.5. The first-order valence-corrected chi connectivity index (χ1v) is 8.24. The highest BCUT2D eigenvalue weighted by molar-refractivity contribution is 6.17. The third-order valence-electron chi connectivity index (χ3n) is 3.84. The number of rotatable bonds is 6. The van der Waals surface area contributed by atoms with Crippen molar-refractivity contribution in [1.29, 1.82) is 0 Å². The molecule has 3 heteroatoms. The molecule has 0 aromatic heterocycles. The molecule has 0 aliphatic heterocycles. The zero-order valence-electron chi connectivity index (χ0n) is 12.5. The lowest BCUT2D eigenvalue weighted by atomic mass is 9.88. The molecule has 2 atom stereocenters. The Labute approximate surface area is 127 Å². The van der Waals surface area contributed by atoms with E-state index in [1.807, 2.05) is 18.2 Å². The molecule has 2 unspecified atom stereocenters. The van der Waals surface area contributed by atoms with Crippen molar-refractivity contribution in [2.75, 3.05) is 6.61 Å². The Hall–Kier alpha value is -0.890. The number of ether oxygens (including phenoxy) is 2. The van der Waals surface area contributed by atoms with E-state index in [9.17, 15) is 0 Å². The average Bonchev–Trinajstić information content (AvgIpc) is 2.45. The van der Waals surface area contributed by atoms with Gasteiger partial charge < -0.3 is 9.47 Å². The standard InChI is InChI=1S/C17H25ClO2/c1-3-9-19-15-8-7-14(12-18)17(11-15)20-16-6-4-5-13(2)10-16/h7-8,11,13,16H,3-6,9-10,12H2,1-2H3. The van der Waals surface area contributed by atoms with Gasteiger partial charge in [0.1, 0.15) is 11.5 Å². The van der Waals surface area contributed by atoms with Crippen LogP contribution in [0.1, 0.15) is 51.5 Å². The van der Waals surface area contributed by atoms with Gasteiger partial charge in [-0.05, 0) is 37.7 Å². The molecule has 112 valence electrons. The molecule has 0 bridgehead atoms. The van der Waals surface area contributed by atoms with Gasteiger partial charge in [-0.2, -0.15) is 0 Å². The smallest absolute Gasteiger partial charge is 0.127 e. The van der Waals surface area contributed by atoms with Crippen molar-refractivity contribution in [1.82, 2.24) is 0 Å². The van der Waals surface area contributed by atoms with E-state index in [2.05, 4.69) is 13.8 Å². The Kier molecular flexibility index (Phi) is 6.03. The summed E-state index contributed by atoms with van der Waals surface area (Å²) in [6, 6.07) is 5.98. The lowest BCUT2D eigenvalue weighted by Crippen LogP contribution is -2.24. The minimum absolute atomic E-state index is 0.321. The summed E-state index contributed by atoms with van der Waals surface area (Å²) >= 11 is 6.01. The van der Waals surface area contributed by atoms with Crippen molar-refractivity contribution in [3.63, 3.8) is 0 Å². The van der Waals surface area contributed by atoms with Crippen molar-refractivity contribution < 1.29 is 9.47 Å². The van der Waals surface area contributed by atoms with Crippen molar-refractivity contribution in [3.8, 4) is 11.5 Å². The highest BCUT2D eigenvalue weighted by atomic mass is 35.5. The summed E-state index contributed by atoms with van der Waals surface area (Å²) in [7, 11) is 0. The first-order chi connectivity index (χ1) is 9.72. The van der Waals surface area contributed by atoms with Gasteiger partial charge in [-0.25, -0.2) is 0 Å². The molecule has 2 nitrogen and oxygen atoms in total. The van der Waals surface area contributed by atoms with Crippen LogP contribution in [0.5, 0.6) is 11.5 Å². The lowest BCUT2D eigenvalue weighted by molar-refractivity contribution is 0.128. The molecule has 1 aliphatic rings. The van der Waals surface area contributed by atoms with Gasteiger partial charge in [0.15, 0.2) is 0 Å². The van der Waals surface area contributed by atoms with Crippen molar-refractivity contribution in [2.45, 2.75) is 57.9 Å². The summed E-state index contributed by atoms with van der Waals surface area (Å²) in [4.78, 5) is 0. The van der Waals surface area contributed by atoms with Crippen LogP contribution in [-0.4, -0.2) is 12.7 Å². The molecular formula is C17H25ClO2. The predicted molar refractivity (Wildman–Crippen MR) is 83.8 cm³/mol. The minimum atomic E-state index is 0.321. The monoisotopic (exact) mass is 296 g/mol. The number of alkyl halides is 1. The van der Waals surface area contributed by atoms with Crippen LogP contribution in [0.4, 0.5) is 0 Å². The molecule has 2 rings (SSSR count). The predicted octanol–water partition coefficient (Wildman–Crippen LogP) is 5.17. The van der Waals surface area contributed by atoms with Crippen molar-refractivity contribution in [2.24, 2.45) is 5.92 Å². The van der Waals surface area contributed by atoms with Gasteiger partial charge in [0, 0.05) is 11.6 Å². The zero-order chi connectivity index (χ0) is 14.4. The summed E-state index contributed by atoms with van der Waals surface area (Å²) in [5.41, 5.74) is 1.05. The van der Waals surface area contributed by atoms with Crippen LogP contribution in [0.15, 0.2) is 18.2 Å². The quantitative estimate of drug-likeness (QED) is 0.674. The molecule has 0 amide bonds. The number of hydrogen-bond acceptors (Lipinski definition) is 2. The fourth-order valence-corrected chi connectivity index (χ4v) is 2.95. The summed E-state index contributed by atoms with van der Waals surface area (Å²) in [6.07, 6.45) is 6.19. The minimum Gasteiger partial charge on any atom is -0.493 e. The molecule has 1 aromatic rings. The molecular weight excluding hydrogens is 272 g/mol. The van der Waals surface area contributed by atoms with Gasteiger partial charge in [-0.3, -0.25) is 0 Å². The van der Waals surface area contributed by atoms with Gasteiger partial charge in [0.25, 0.3) is 0 Å². The van der Waals surface area contributed by atoms with Crippen LogP contribution in [0.2, 0.25) is 0 Å². The first-order valence-electron chi connectivity index (χ1n) is 7.71. The third kappa shape index (κ3) is 4.31. The maximum absolute atomic E-state index is 6.20. The van der Waals surface area contributed by atoms with E-state index in [4.69, 9.17) is 21.1 Å². The fourth-order valence-electron chi connectivity index (χ4n) is 2.73. The average molecular weight is 297 g/mol. The lowest BCUT2D eigenvalue weighted by Gasteiger charge is -2.28. The second-order valence-electron chi connectivity index (χ2n) is 5.76. The highest BCUT2D eigenvalue weighted by Gasteiger charge is 2.21. The summed E-state index contributed by atoms with van der Waals surface area (Å²) in [5, 5.41) is 0. The Balaban J connectivity index is 2.07. The summed E-state index contributed by atoms with van der Waals surface area (Å²) < 4.78 is 11.9. The molecule has 0 radical (unpaired) electrons. The van der Waals surface area contributed by atoms with E-state index in [0.717, 1.165) is 48.8 Å². The van der Waals surface area contributed by atoms with Crippen LogP contribution in [0.25, 0.3) is 0 Å². The summed E-state index contributed by atoms with van der Waals surface area (Å²) in [5.74, 6) is 3.01. The van der Waals surface area contributed by atoms with Gasteiger partial charge in [-0.15, -0.1) is 11.6 Å². The van der Waals surface area contributed by atoms with Crippen LogP contribution in [0.3, 0.4) is 0 Å². The number of hydrogen-bond donors (Lipinski definition) is 0. The third-order valence-corrected chi connectivity index (χ3v) is 4.13. The highest BCUT2D eigenvalue weighted by Crippen LogP contribution is 2.32. The maximum Gasteiger partial charge on any atom is 0.127 e. The molecule has 1 fully saturated rings. The van der Waals surface area contributed by atoms with E-state index >= 15 is 0 Å². The Morgan fingerprint density at radius 3 is 2.85 bits per heavy atom. The van der Waals surface area contributed by atoms with E-state index in [-0.39, 0.29) is 0 Å². The zero-order valence-corrected chi connectivity index (χ0v) is 13.3. The molecule has 1 aliphatic carbocycles. The van der Waals surface area contributed by atoms with Gasteiger partial charge in [0.2, 0.25) is 0 Å². The molecule has 20 heavy (non-hydrogen) atoms. The normalized spacial score (nSPS) is 22.6. The Morgan fingerprint density at radius 2 is 2.15 bits per heavy atom. The molecule has 0 saturated heterocycles. The number of benzene rings is 1. The Morgan fingerprint density at radius 1 is 1.30 bits per heavy atom. The molecule has 1 saturated carbocycles. The van der Waals surface area contributed by atoms with E-state index in [1.165, 1.54) is 12.8 Å². The summed E-state index contributed by atoms with van der Waals surface area (Å²) in [6.45, 7) is 5.15. The second-order valence-corrected chi connectivity index (χ2v) is 6.03. The van der Waals surface area contributed by atoms with Gasteiger partial charge in [0.05, 0.1) is 18.6 Å². The van der Waals surface area contributed by atoms with E-state index in [1.54, 1.807) is 0 Å². The van der Waals surface area contributed by atoms with Gasteiger partial charge in [-0.1, -0.05) is 26.3 Å². The maximum atomic E-state index is 6.20. The second kappa shape index (κ2) is 7.78. The molecule has 1 aromatic carbocycles. The fraction of sp³-hybridized carbons (Fsp3) is 0.647. The SMILES string of the molecule is CCCOc1ccc(CCl)c(OC2CCCC(C)C2)c1. The largest absolute Gasteiger partial charge is 0.493 e. The number of halogens is 1. The van der Waals surface area contributed by atoms with Crippen LogP contribution in [0, 0.1) is 5.92 Å². The molecule has 0 N–H and O–H groups in total. The molecule has 0 heterocycles.